The van der Waals surface area contributed by atoms with Crippen molar-refractivity contribution < 1.29 is 4.79 Å². The molecule has 1 aliphatic heterocycles. The van der Waals surface area contributed by atoms with E-state index >= 15 is 0 Å². The molecular formula is C11H12N2O. The number of nitrogens with zero attached hydrogens (tertiary/aromatic N) is 1. The Labute approximate surface area is 83.0 Å². The minimum atomic E-state index is 0.680. The van der Waals surface area contributed by atoms with Crippen molar-refractivity contribution in [3.05, 3.63) is 42.0 Å². The number of carbonyl (C=O) groups is 1. The normalized spacial score (nSPS) is 14.9. The summed E-state index contributed by atoms with van der Waals surface area (Å²) in [6, 6.07) is 8.12. The lowest BCUT2D eigenvalue weighted by Gasteiger charge is -2.31. The minimum Gasteiger partial charge on any atom is -0.285 e. The number of hydrogen-bond donors (Lipinski definition) is 1. The van der Waals surface area contributed by atoms with E-state index in [-0.39, 0.29) is 0 Å². The second kappa shape index (κ2) is 3.54. The quantitative estimate of drug-likeness (QED) is 0.707. The van der Waals surface area contributed by atoms with Crippen LogP contribution in [0.2, 0.25) is 0 Å². The van der Waals surface area contributed by atoms with Crippen molar-refractivity contribution in [1.29, 1.82) is 0 Å². The maximum Gasteiger partial charge on any atom is 0.225 e. The Kier molecular flexibility index (Phi) is 2.23. The summed E-state index contributed by atoms with van der Waals surface area (Å²) in [7, 11) is 0. The molecule has 1 aliphatic rings. The topological polar surface area (TPSA) is 32.3 Å². The number of rotatable bonds is 2. The van der Waals surface area contributed by atoms with E-state index in [1.807, 2.05) is 18.2 Å². The Hall–Kier alpha value is -1.77. The molecule has 0 radical (unpaired) electrons. The summed E-state index contributed by atoms with van der Waals surface area (Å²) in [6.45, 7) is 4.75. The first-order valence-corrected chi connectivity index (χ1v) is 4.57. The zero-order valence-electron chi connectivity index (χ0n) is 7.86. The van der Waals surface area contributed by atoms with Gasteiger partial charge in [0.15, 0.2) is 0 Å². The van der Waals surface area contributed by atoms with E-state index in [4.69, 9.17) is 0 Å². The Bertz CT molecular complexity index is 373. The van der Waals surface area contributed by atoms with Crippen LogP contribution >= 0.6 is 0 Å². The Balaban J connectivity index is 2.31. The summed E-state index contributed by atoms with van der Waals surface area (Å²) in [5.41, 5.74) is 5.90. The van der Waals surface area contributed by atoms with Crippen LogP contribution in [0.5, 0.6) is 0 Å². The van der Waals surface area contributed by atoms with E-state index in [0.717, 1.165) is 24.2 Å². The summed E-state index contributed by atoms with van der Waals surface area (Å²) in [5, 5.41) is 1.77. The maximum atomic E-state index is 10.3. The van der Waals surface area contributed by atoms with Crippen LogP contribution in [0.1, 0.15) is 11.1 Å². The number of benzene rings is 1. The van der Waals surface area contributed by atoms with Crippen molar-refractivity contribution in [3.8, 4) is 0 Å². The van der Waals surface area contributed by atoms with Gasteiger partial charge in [0.1, 0.15) is 0 Å². The van der Waals surface area contributed by atoms with Gasteiger partial charge in [-0.2, -0.15) is 0 Å². The molecule has 1 N–H and O–H groups in total. The van der Waals surface area contributed by atoms with Crippen molar-refractivity contribution >= 4 is 12.1 Å². The molecule has 1 aromatic carbocycles. The van der Waals surface area contributed by atoms with Gasteiger partial charge in [0.25, 0.3) is 0 Å². The van der Waals surface area contributed by atoms with Crippen LogP contribution in [0.4, 0.5) is 0 Å². The SMILES string of the molecule is C=C1c2ccccc2CCN1NC=O. The lowest BCUT2D eigenvalue weighted by atomic mass is 9.98. The molecule has 0 spiro atoms. The van der Waals surface area contributed by atoms with Crippen molar-refractivity contribution in [3.63, 3.8) is 0 Å². The molecule has 0 aliphatic carbocycles. The highest BCUT2D eigenvalue weighted by atomic mass is 16.1. The van der Waals surface area contributed by atoms with E-state index < -0.39 is 0 Å². The maximum absolute atomic E-state index is 10.3. The van der Waals surface area contributed by atoms with Gasteiger partial charge in [-0.3, -0.25) is 15.2 Å². The molecule has 1 heterocycles. The summed E-state index contributed by atoms with van der Waals surface area (Å²) in [6.07, 6.45) is 1.62. The molecule has 1 amide bonds. The minimum absolute atomic E-state index is 0.680. The number of hydrazine groups is 1. The smallest absolute Gasteiger partial charge is 0.225 e. The number of nitrogens with one attached hydrogen (secondary N) is 1. The predicted molar refractivity (Wildman–Crippen MR) is 55.1 cm³/mol. The average Bonchev–Trinajstić information content (AvgIpc) is 2.23. The fourth-order valence-corrected chi connectivity index (χ4v) is 1.74. The molecule has 0 fully saturated rings. The highest BCUT2D eigenvalue weighted by molar-refractivity contribution is 5.67. The molecule has 0 saturated carbocycles. The van der Waals surface area contributed by atoms with Gasteiger partial charge in [-0.15, -0.1) is 0 Å². The largest absolute Gasteiger partial charge is 0.285 e. The third kappa shape index (κ3) is 1.37. The average molecular weight is 188 g/mol. The molecule has 0 atom stereocenters. The summed E-state index contributed by atoms with van der Waals surface area (Å²) in [5.74, 6) is 0. The van der Waals surface area contributed by atoms with Crippen LogP contribution in [0, 0.1) is 0 Å². The zero-order valence-corrected chi connectivity index (χ0v) is 7.86. The van der Waals surface area contributed by atoms with Gasteiger partial charge in [0.05, 0.1) is 5.70 Å². The fraction of sp³-hybridized carbons (Fsp3) is 0.182. The number of fused-ring (bicyclic) bond motifs is 1. The number of carbonyl (C=O) groups excluding carboxylic acids is 1. The Morgan fingerprint density at radius 2 is 2.21 bits per heavy atom. The van der Waals surface area contributed by atoms with Crippen molar-refractivity contribution in [2.45, 2.75) is 6.42 Å². The monoisotopic (exact) mass is 188 g/mol. The van der Waals surface area contributed by atoms with Crippen LogP contribution in [-0.4, -0.2) is 18.0 Å². The second-order valence-electron chi connectivity index (χ2n) is 3.25. The van der Waals surface area contributed by atoms with Gasteiger partial charge in [-0.25, -0.2) is 0 Å². The van der Waals surface area contributed by atoms with Gasteiger partial charge in [-0.05, 0) is 12.0 Å². The van der Waals surface area contributed by atoms with Crippen LogP contribution in [0.3, 0.4) is 0 Å². The summed E-state index contributed by atoms with van der Waals surface area (Å²) in [4.78, 5) is 10.3. The van der Waals surface area contributed by atoms with E-state index in [1.54, 1.807) is 5.01 Å². The molecule has 0 aromatic heterocycles. The van der Waals surface area contributed by atoms with E-state index in [9.17, 15) is 4.79 Å². The molecule has 3 heteroatoms. The number of hydrogen-bond acceptors (Lipinski definition) is 2. The molecule has 0 saturated heterocycles. The van der Waals surface area contributed by atoms with Gasteiger partial charge >= 0.3 is 0 Å². The molecule has 1 aromatic rings. The highest BCUT2D eigenvalue weighted by Gasteiger charge is 2.17. The number of amides is 1. The van der Waals surface area contributed by atoms with Crippen molar-refractivity contribution in [1.82, 2.24) is 10.4 Å². The zero-order chi connectivity index (χ0) is 9.97. The molecule has 72 valence electrons. The van der Waals surface area contributed by atoms with Gasteiger partial charge in [0, 0.05) is 12.1 Å². The van der Waals surface area contributed by atoms with Gasteiger partial charge in [-0.1, -0.05) is 30.8 Å². The van der Waals surface area contributed by atoms with Crippen LogP contribution in [0.25, 0.3) is 5.70 Å². The third-order valence-corrected chi connectivity index (χ3v) is 2.47. The molecular weight excluding hydrogens is 176 g/mol. The van der Waals surface area contributed by atoms with Gasteiger partial charge in [0.2, 0.25) is 6.41 Å². The van der Waals surface area contributed by atoms with E-state index in [0.29, 0.717) is 6.41 Å². The Morgan fingerprint density at radius 3 is 3.00 bits per heavy atom. The molecule has 0 bridgehead atoms. The van der Waals surface area contributed by atoms with Crippen molar-refractivity contribution in [2.24, 2.45) is 0 Å². The van der Waals surface area contributed by atoms with E-state index in [1.165, 1.54) is 5.56 Å². The van der Waals surface area contributed by atoms with Crippen LogP contribution in [0.15, 0.2) is 30.8 Å². The fourth-order valence-electron chi connectivity index (χ4n) is 1.74. The molecule has 2 rings (SSSR count). The van der Waals surface area contributed by atoms with Gasteiger partial charge < -0.3 is 0 Å². The Morgan fingerprint density at radius 1 is 1.43 bits per heavy atom. The first kappa shape index (κ1) is 8.81. The third-order valence-electron chi connectivity index (χ3n) is 2.47. The first-order chi connectivity index (χ1) is 6.83. The summed E-state index contributed by atoms with van der Waals surface area (Å²) < 4.78 is 0. The predicted octanol–water partition coefficient (Wildman–Crippen LogP) is 1.18. The van der Waals surface area contributed by atoms with E-state index in [2.05, 4.69) is 18.1 Å². The molecule has 14 heavy (non-hydrogen) atoms. The second-order valence-corrected chi connectivity index (χ2v) is 3.25. The van der Waals surface area contributed by atoms with Crippen LogP contribution in [-0.2, 0) is 11.2 Å². The van der Waals surface area contributed by atoms with Crippen LogP contribution < -0.4 is 5.43 Å². The highest BCUT2D eigenvalue weighted by Crippen LogP contribution is 2.25. The summed E-state index contributed by atoms with van der Waals surface area (Å²) >= 11 is 0. The molecule has 0 unspecified atom stereocenters. The lowest BCUT2D eigenvalue weighted by Crippen LogP contribution is -2.39. The standard InChI is InChI=1S/C11H12N2O/c1-9-11-5-3-2-4-10(11)6-7-13(9)12-8-14/h2-5,8H,1,6-7H2,(H,12,14). The first-order valence-electron chi connectivity index (χ1n) is 4.57. The lowest BCUT2D eigenvalue weighted by molar-refractivity contribution is -0.112. The molecule has 3 nitrogen and oxygen atoms in total. The van der Waals surface area contributed by atoms with Crippen molar-refractivity contribution in [2.75, 3.05) is 6.54 Å².